The molecule has 2 aromatic rings. The summed E-state index contributed by atoms with van der Waals surface area (Å²) in [5.41, 5.74) is 3.24. The van der Waals surface area contributed by atoms with Crippen LogP contribution in [-0.2, 0) is 29.0 Å². The van der Waals surface area contributed by atoms with E-state index in [1.807, 2.05) is 48.5 Å². The lowest BCUT2D eigenvalue weighted by Gasteiger charge is -2.08. The quantitative estimate of drug-likeness (QED) is 0.761. The molecule has 1 N–H and O–H groups in total. The van der Waals surface area contributed by atoms with E-state index in [1.54, 1.807) is 0 Å². The molecule has 2 rings (SSSR count). The molecule has 0 aliphatic carbocycles. The van der Waals surface area contributed by atoms with Crippen LogP contribution in [0, 0.1) is 0 Å². The molecule has 0 saturated carbocycles. The molecule has 0 radical (unpaired) electrons. The number of ether oxygens (including phenoxy) is 1. The van der Waals surface area contributed by atoms with Crippen molar-refractivity contribution in [1.82, 2.24) is 5.32 Å². The standard InChI is InChI=1S/C19H21NO3/c21-13-5-10-16-8-4-9-17(14-16)11-12-20-19(22)23-15-18-6-2-1-3-7-18/h1-4,6-9,13-14H,5,10-12,15H2,(H,20,22). The van der Waals surface area contributed by atoms with E-state index in [9.17, 15) is 9.59 Å². The molecule has 0 saturated heterocycles. The number of carbonyl (C=O) groups excluding carboxylic acids is 2. The van der Waals surface area contributed by atoms with E-state index in [2.05, 4.69) is 11.4 Å². The first-order chi connectivity index (χ1) is 11.3. The average molecular weight is 311 g/mol. The molecule has 0 aromatic heterocycles. The first kappa shape index (κ1) is 16.7. The molecule has 0 bridgehead atoms. The summed E-state index contributed by atoms with van der Waals surface area (Å²) in [5.74, 6) is 0. The number of rotatable bonds is 8. The Hall–Kier alpha value is -2.62. The van der Waals surface area contributed by atoms with Gasteiger partial charge in [0.1, 0.15) is 12.9 Å². The highest BCUT2D eigenvalue weighted by molar-refractivity contribution is 5.67. The van der Waals surface area contributed by atoms with Crippen LogP contribution < -0.4 is 5.32 Å². The molecule has 0 unspecified atom stereocenters. The maximum Gasteiger partial charge on any atom is 0.407 e. The van der Waals surface area contributed by atoms with Crippen molar-refractivity contribution in [2.45, 2.75) is 25.9 Å². The van der Waals surface area contributed by atoms with Gasteiger partial charge in [-0.2, -0.15) is 0 Å². The Morgan fingerprint density at radius 1 is 0.957 bits per heavy atom. The predicted molar refractivity (Wildman–Crippen MR) is 89.2 cm³/mol. The second kappa shape index (κ2) is 9.41. The number of amides is 1. The predicted octanol–water partition coefficient (Wildman–Crippen LogP) is 3.29. The van der Waals surface area contributed by atoms with Gasteiger partial charge >= 0.3 is 6.09 Å². The Bertz CT molecular complexity index is 626. The van der Waals surface area contributed by atoms with E-state index < -0.39 is 6.09 Å². The molecule has 0 aliphatic rings. The Kier molecular flexibility index (Phi) is 6.85. The summed E-state index contributed by atoms with van der Waals surface area (Å²) in [6.07, 6.45) is 2.54. The van der Waals surface area contributed by atoms with E-state index in [1.165, 1.54) is 0 Å². The van der Waals surface area contributed by atoms with Crippen molar-refractivity contribution in [2.24, 2.45) is 0 Å². The Balaban J connectivity index is 1.69. The van der Waals surface area contributed by atoms with Gasteiger partial charge in [-0.1, -0.05) is 54.6 Å². The minimum Gasteiger partial charge on any atom is -0.445 e. The van der Waals surface area contributed by atoms with Gasteiger partial charge in [0.2, 0.25) is 0 Å². The van der Waals surface area contributed by atoms with Gasteiger partial charge in [-0.15, -0.1) is 0 Å². The van der Waals surface area contributed by atoms with Crippen LogP contribution in [0.1, 0.15) is 23.1 Å². The normalized spacial score (nSPS) is 10.1. The SMILES string of the molecule is O=CCCc1cccc(CCNC(=O)OCc2ccccc2)c1. The van der Waals surface area contributed by atoms with Gasteiger partial charge in [-0.25, -0.2) is 4.79 Å². The smallest absolute Gasteiger partial charge is 0.407 e. The maximum absolute atomic E-state index is 11.6. The van der Waals surface area contributed by atoms with Crippen molar-refractivity contribution >= 4 is 12.4 Å². The largest absolute Gasteiger partial charge is 0.445 e. The van der Waals surface area contributed by atoms with Crippen LogP contribution in [0.5, 0.6) is 0 Å². The fraction of sp³-hybridized carbons (Fsp3) is 0.263. The molecule has 23 heavy (non-hydrogen) atoms. The Labute approximate surface area is 136 Å². The Morgan fingerprint density at radius 3 is 2.39 bits per heavy atom. The molecule has 4 nitrogen and oxygen atoms in total. The number of hydrogen-bond acceptors (Lipinski definition) is 3. The van der Waals surface area contributed by atoms with Crippen LogP contribution in [0.3, 0.4) is 0 Å². The van der Waals surface area contributed by atoms with Crippen molar-refractivity contribution in [3.8, 4) is 0 Å². The van der Waals surface area contributed by atoms with Gasteiger partial charge in [0.15, 0.2) is 0 Å². The van der Waals surface area contributed by atoms with Gasteiger partial charge in [-0.05, 0) is 29.5 Å². The molecular weight excluding hydrogens is 290 g/mol. The average Bonchev–Trinajstić information content (AvgIpc) is 2.59. The molecule has 2 aromatic carbocycles. The molecule has 0 atom stereocenters. The zero-order chi connectivity index (χ0) is 16.3. The van der Waals surface area contributed by atoms with E-state index in [0.717, 1.165) is 35.8 Å². The highest BCUT2D eigenvalue weighted by Crippen LogP contribution is 2.07. The zero-order valence-electron chi connectivity index (χ0n) is 13.0. The van der Waals surface area contributed by atoms with Crippen LogP contribution in [0.15, 0.2) is 54.6 Å². The summed E-state index contributed by atoms with van der Waals surface area (Å²) < 4.78 is 5.15. The number of nitrogens with one attached hydrogen (secondary N) is 1. The van der Waals surface area contributed by atoms with E-state index >= 15 is 0 Å². The summed E-state index contributed by atoms with van der Waals surface area (Å²) in [4.78, 5) is 22.1. The molecule has 0 aliphatic heterocycles. The first-order valence-electron chi connectivity index (χ1n) is 7.74. The molecule has 0 heterocycles. The lowest BCUT2D eigenvalue weighted by atomic mass is 10.0. The van der Waals surface area contributed by atoms with E-state index in [4.69, 9.17) is 4.74 Å². The molecular formula is C19H21NO3. The van der Waals surface area contributed by atoms with Crippen LogP contribution in [0.4, 0.5) is 4.79 Å². The van der Waals surface area contributed by atoms with Crippen LogP contribution in [0.25, 0.3) is 0 Å². The van der Waals surface area contributed by atoms with Crippen LogP contribution in [-0.4, -0.2) is 18.9 Å². The summed E-state index contributed by atoms with van der Waals surface area (Å²) in [7, 11) is 0. The van der Waals surface area contributed by atoms with Gasteiger partial charge in [0.25, 0.3) is 0 Å². The van der Waals surface area contributed by atoms with E-state index in [0.29, 0.717) is 13.0 Å². The monoisotopic (exact) mass is 311 g/mol. The number of alkyl carbamates (subject to hydrolysis) is 1. The zero-order valence-corrected chi connectivity index (χ0v) is 13.0. The van der Waals surface area contributed by atoms with Gasteiger partial charge in [-0.3, -0.25) is 0 Å². The maximum atomic E-state index is 11.6. The highest BCUT2D eigenvalue weighted by Gasteiger charge is 2.03. The Morgan fingerprint density at radius 2 is 1.65 bits per heavy atom. The number of aryl methyl sites for hydroxylation is 1. The molecule has 120 valence electrons. The number of hydrogen-bond donors (Lipinski definition) is 1. The fourth-order valence-corrected chi connectivity index (χ4v) is 2.25. The number of carbonyl (C=O) groups is 2. The molecule has 1 amide bonds. The summed E-state index contributed by atoms with van der Waals surface area (Å²) in [5, 5.41) is 2.75. The van der Waals surface area contributed by atoms with Crippen molar-refractivity contribution in [1.29, 1.82) is 0 Å². The molecule has 4 heteroatoms. The third-order valence-electron chi connectivity index (χ3n) is 3.44. The van der Waals surface area contributed by atoms with Crippen molar-refractivity contribution in [3.63, 3.8) is 0 Å². The van der Waals surface area contributed by atoms with Gasteiger partial charge in [0.05, 0.1) is 0 Å². The fourth-order valence-electron chi connectivity index (χ4n) is 2.25. The second-order valence-electron chi connectivity index (χ2n) is 5.26. The molecule has 0 spiro atoms. The van der Waals surface area contributed by atoms with Crippen LogP contribution in [0.2, 0.25) is 0 Å². The summed E-state index contributed by atoms with van der Waals surface area (Å²) in [6.45, 7) is 0.790. The summed E-state index contributed by atoms with van der Waals surface area (Å²) in [6, 6.07) is 17.6. The second-order valence-corrected chi connectivity index (χ2v) is 5.26. The van der Waals surface area contributed by atoms with Crippen molar-refractivity contribution in [3.05, 3.63) is 71.3 Å². The third kappa shape index (κ3) is 6.34. The van der Waals surface area contributed by atoms with Crippen LogP contribution >= 0.6 is 0 Å². The highest BCUT2D eigenvalue weighted by atomic mass is 16.5. The van der Waals surface area contributed by atoms with Crippen molar-refractivity contribution in [2.75, 3.05) is 6.54 Å². The lowest BCUT2D eigenvalue weighted by Crippen LogP contribution is -2.26. The summed E-state index contributed by atoms with van der Waals surface area (Å²) >= 11 is 0. The van der Waals surface area contributed by atoms with Crippen molar-refractivity contribution < 1.29 is 14.3 Å². The lowest BCUT2D eigenvalue weighted by molar-refractivity contribution is -0.107. The third-order valence-corrected chi connectivity index (χ3v) is 3.44. The minimum absolute atomic E-state index is 0.272. The van der Waals surface area contributed by atoms with Gasteiger partial charge < -0.3 is 14.8 Å². The topological polar surface area (TPSA) is 55.4 Å². The van der Waals surface area contributed by atoms with E-state index in [-0.39, 0.29) is 6.61 Å². The first-order valence-corrected chi connectivity index (χ1v) is 7.74. The number of aldehydes is 1. The van der Waals surface area contributed by atoms with Gasteiger partial charge in [0, 0.05) is 13.0 Å². The molecule has 0 fully saturated rings. The minimum atomic E-state index is -0.411. The number of benzene rings is 2.